The van der Waals surface area contributed by atoms with E-state index in [4.69, 9.17) is 9.47 Å². The maximum absolute atomic E-state index is 12.5. The van der Waals surface area contributed by atoms with Crippen molar-refractivity contribution in [1.82, 2.24) is 4.90 Å². The Bertz CT molecular complexity index is 639. The monoisotopic (exact) mass is 311 g/mol. The number of amides is 1. The van der Waals surface area contributed by atoms with Crippen molar-refractivity contribution in [3.8, 4) is 5.75 Å². The smallest absolute Gasteiger partial charge is 0.227 e. The summed E-state index contributed by atoms with van der Waals surface area (Å²) in [6.07, 6.45) is 0.371. The number of methoxy groups -OCH3 is 1. The van der Waals surface area contributed by atoms with E-state index in [0.717, 1.165) is 16.9 Å². The lowest BCUT2D eigenvalue weighted by Gasteiger charge is -2.33. The van der Waals surface area contributed by atoms with Gasteiger partial charge in [0.05, 0.1) is 26.7 Å². The molecule has 0 spiro atoms. The zero-order valence-electron chi connectivity index (χ0n) is 13.3. The number of ether oxygens (including phenoxy) is 2. The maximum Gasteiger partial charge on any atom is 0.227 e. The van der Waals surface area contributed by atoms with Gasteiger partial charge in [-0.2, -0.15) is 0 Å². The molecule has 2 aromatic carbocycles. The van der Waals surface area contributed by atoms with E-state index in [-0.39, 0.29) is 12.0 Å². The van der Waals surface area contributed by atoms with Crippen molar-refractivity contribution in [2.24, 2.45) is 0 Å². The van der Waals surface area contributed by atoms with Crippen LogP contribution in [0.2, 0.25) is 0 Å². The Kier molecular flexibility index (Phi) is 4.93. The van der Waals surface area contributed by atoms with Crippen molar-refractivity contribution in [1.29, 1.82) is 0 Å². The van der Waals surface area contributed by atoms with Gasteiger partial charge in [-0.3, -0.25) is 4.79 Å². The number of hydrogen-bond donors (Lipinski definition) is 0. The molecule has 0 saturated carbocycles. The number of nitrogens with zero attached hydrogens (tertiary/aromatic N) is 1. The second-order valence-corrected chi connectivity index (χ2v) is 5.63. The molecule has 1 fully saturated rings. The van der Waals surface area contributed by atoms with Gasteiger partial charge < -0.3 is 14.4 Å². The van der Waals surface area contributed by atoms with Gasteiger partial charge in [0, 0.05) is 6.54 Å². The first kappa shape index (κ1) is 15.6. The first-order chi connectivity index (χ1) is 11.3. The van der Waals surface area contributed by atoms with Crippen molar-refractivity contribution >= 4 is 5.91 Å². The Labute approximate surface area is 136 Å². The molecule has 0 bridgehead atoms. The second kappa shape index (κ2) is 7.29. The molecule has 0 aliphatic carbocycles. The van der Waals surface area contributed by atoms with Crippen LogP contribution < -0.4 is 4.74 Å². The summed E-state index contributed by atoms with van der Waals surface area (Å²) in [5, 5.41) is 0. The fraction of sp³-hybridized carbons (Fsp3) is 0.316. The standard InChI is InChI=1S/C19H21NO3/c1-22-17-9-7-15(8-10-17)13-19(21)20-11-12-23-18(14-20)16-5-3-2-4-6-16/h2-10,18H,11-14H2,1H3/t18-/m1/s1. The van der Waals surface area contributed by atoms with E-state index < -0.39 is 0 Å². The number of morpholine rings is 1. The molecule has 4 heteroatoms. The third-order valence-corrected chi connectivity index (χ3v) is 4.10. The average molecular weight is 311 g/mol. The number of carbonyl (C=O) groups excluding carboxylic acids is 1. The molecule has 0 radical (unpaired) electrons. The van der Waals surface area contributed by atoms with Gasteiger partial charge >= 0.3 is 0 Å². The van der Waals surface area contributed by atoms with E-state index >= 15 is 0 Å². The van der Waals surface area contributed by atoms with E-state index in [9.17, 15) is 4.79 Å². The number of rotatable bonds is 4. The van der Waals surface area contributed by atoms with Crippen molar-refractivity contribution in [2.75, 3.05) is 26.8 Å². The van der Waals surface area contributed by atoms with Crippen molar-refractivity contribution in [3.63, 3.8) is 0 Å². The lowest BCUT2D eigenvalue weighted by molar-refractivity contribution is -0.138. The highest BCUT2D eigenvalue weighted by Gasteiger charge is 2.25. The van der Waals surface area contributed by atoms with Crippen LogP contribution in [-0.2, 0) is 16.0 Å². The van der Waals surface area contributed by atoms with E-state index in [1.165, 1.54) is 0 Å². The fourth-order valence-electron chi connectivity index (χ4n) is 2.77. The van der Waals surface area contributed by atoms with Crippen molar-refractivity contribution in [2.45, 2.75) is 12.5 Å². The van der Waals surface area contributed by atoms with Crippen LogP contribution >= 0.6 is 0 Å². The topological polar surface area (TPSA) is 38.8 Å². The Balaban J connectivity index is 1.62. The van der Waals surface area contributed by atoms with Crippen molar-refractivity contribution in [3.05, 3.63) is 65.7 Å². The van der Waals surface area contributed by atoms with E-state index in [2.05, 4.69) is 0 Å². The minimum Gasteiger partial charge on any atom is -0.497 e. The van der Waals surface area contributed by atoms with Gasteiger partial charge in [0.15, 0.2) is 0 Å². The van der Waals surface area contributed by atoms with Gasteiger partial charge in [-0.05, 0) is 23.3 Å². The molecule has 0 unspecified atom stereocenters. The van der Waals surface area contributed by atoms with Crippen LogP contribution in [0.5, 0.6) is 5.75 Å². The molecule has 2 aromatic rings. The molecule has 3 rings (SSSR count). The Hall–Kier alpha value is -2.33. The highest BCUT2D eigenvalue weighted by molar-refractivity contribution is 5.79. The predicted molar refractivity (Wildman–Crippen MR) is 88.4 cm³/mol. The Morgan fingerprint density at radius 2 is 1.91 bits per heavy atom. The zero-order valence-corrected chi connectivity index (χ0v) is 13.3. The molecule has 1 aliphatic rings. The number of benzene rings is 2. The molecule has 1 aliphatic heterocycles. The lowest BCUT2D eigenvalue weighted by Crippen LogP contribution is -2.42. The summed E-state index contributed by atoms with van der Waals surface area (Å²) in [6, 6.07) is 17.7. The highest BCUT2D eigenvalue weighted by atomic mass is 16.5. The molecular formula is C19H21NO3. The summed E-state index contributed by atoms with van der Waals surface area (Å²) in [7, 11) is 1.64. The van der Waals surface area contributed by atoms with E-state index in [1.807, 2.05) is 59.5 Å². The largest absolute Gasteiger partial charge is 0.497 e. The van der Waals surface area contributed by atoms with Gasteiger partial charge in [0.25, 0.3) is 0 Å². The minimum absolute atomic E-state index is 0.0373. The molecule has 23 heavy (non-hydrogen) atoms. The molecule has 120 valence electrons. The van der Waals surface area contributed by atoms with Crippen molar-refractivity contribution < 1.29 is 14.3 Å². The highest BCUT2D eigenvalue weighted by Crippen LogP contribution is 2.22. The Morgan fingerprint density at radius 1 is 1.17 bits per heavy atom. The van der Waals surface area contributed by atoms with Crippen LogP contribution in [0.4, 0.5) is 0 Å². The van der Waals surface area contributed by atoms with Crippen LogP contribution in [0, 0.1) is 0 Å². The van der Waals surface area contributed by atoms with Gasteiger partial charge in [-0.25, -0.2) is 0 Å². The second-order valence-electron chi connectivity index (χ2n) is 5.63. The summed E-state index contributed by atoms with van der Waals surface area (Å²) < 4.78 is 11.0. The summed E-state index contributed by atoms with van der Waals surface area (Å²) in [5.74, 6) is 0.941. The third kappa shape index (κ3) is 3.90. The normalized spacial score (nSPS) is 17.8. The van der Waals surface area contributed by atoms with Crippen LogP contribution in [-0.4, -0.2) is 37.6 Å². The van der Waals surface area contributed by atoms with Gasteiger partial charge in [-0.15, -0.1) is 0 Å². The fourth-order valence-corrected chi connectivity index (χ4v) is 2.77. The molecule has 4 nitrogen and oxygen atoms in total. The minimum atomic E-state index is -0.0373. The van der Waals surface area contributed by atoms with Gasteiger partial charge in [-0.1, -0.05) is 42.5 Å². The van der Waals surface area contributed by atoms with E-state index in [0.29, 0.717) is 26.1 Å². The van der Waals surface area contributed by atoms with Crippen LogP contribution in [0.25, 0.3) is 0 Å². The quantitative estimate of drug-likeness (QED) is 0.871. The lowest BCUT2D eigenvalue weighted by atomic mass is 10.1. The first-order valence-electron chi connectivity index (χ1n) is 7.83. The summed E-state index contributed by atoms with van der Waals surface area (Å²) >= 11 is 0. The number of hydrogen-bond acceptors (Lipinski definition) is 3. The molecule has 1 atom stereocenters. The number of carbonyl (C=O) groups is 1. The molecule has 1 heterocycles. The molecule has 0 aromatic heterocycles. The van der Waals surface area contributed by atoms with Gasteiger partial charge in [0.2, 0.25) is 5.91 Å². The first-order valence-corrected chi connectivity index (χ1v) is 7.83. The maximum atomic E-state index is 12.5. The summed E-state index contributed by atoms with van der Waals surface area (Å²) in [5.41, 5.74) is 2.12. The third-order valence-electron chi connectivity index (χ3n) is 4.10. The molecule has 1 amide bonds. The molecule has 1 saturated heterocycles. The van der Waals surface area contributed by atoms with Gasteiger partial charge in [0.1, 0.15) is 11.9 Å². The zero-order chi connectivity index (χ0) is 16.1. The molecule has 0 N–H and O–H groups in total. The predicted octanol–water partition coefficient (Wildman–Crippen LogP) is 2.84. The summed E-state index contributed by atoms with van der Waals surface area (Å²) in [4.78, 5) is 14.4. The van der Waals surface area contributed by atoms with E-state index in [1.54, 1.807) is 7.11 Å². The summed E-state index contributed by atoms with van der Waals surface area (Å²) in [6.45, 7) is 1.84. The Morgan fingerprint density at radius 3 is 2.61 bits per heavy atom. The molecular weight excluding hydrogens is 290 g/mol. The average Bonchev–Trinajstić information content (AvgIpc) is 2.63. The van der Waals surface area contributed by atoms with Crippen LogP contribution in [0.1, 0.15) is 17.2 Å². The van der Waals surface area contributed by atoms with Crippen LogP contribution in [0.15, 0.2) is 54.6 Å². The SMILES string of the molecule is COc1ccc(CC(=O)N2CCO[C@@H](c3ccccc3)C2)cc1. The van der Waals surface area contributed by atoms with Crippen LogP contribution in [0.3, 0.4) is 0 Å².